The fraction of sp³-hybridized carbons (Fsp3) is 1.00. The molecule has 0 radical (unpaired) electrons. The molecule has 1 N–H and O–H groups in total. The predicted octanol–water partition coefficient (Wildman–Crippen LogP) is 4.26. The van der Waals surface area contributed by atoms with Crippen LogP contribution in [0.4, 0.5) is 74.6 Å². The van der Waals surface area contributed by atoms with Crippen LogP contribution in [-0.2, 0) is 30.3 Å². The van der Waals surface area contributed by atoms with Crippen molar-refractivity contribution in [1.82, 2.24) is 4.31 Å². The molecule has 0 aromatic heterocycles. The second kappa shape index (κ2) is 14.1. The monoisotopic (exact) mass is 828 g/mol. The Morgan fingerprint density at radius 3 is 1.27 bits per heavy atom. The Kier molecular flexibility index (Phi) is 13.7. The number of halogens is 17. The van der Waals surface area contributed by atoms with Gasteiger partial charge in [-0.25, -0.2) is 16.8 Å². The smallest absolute Gasteiger partial charge is 0.460 e. The van der Waals surface area contributed by atoms with Gasteiger partial charge in [0.05, 0.1) is 43.1 Å². The predicted molar refractivity (Wildman–Crippen MR) is 128 cm³/mol. The van der Waals surface area contributed by atoms with Crippen molar-refractivity contribution < 1.29 is 113 Å². The van der Waals surface area contributed by atoms with Crippen LogP contribution in [0.2, 0.25) is 0 Å². The van der Waals surface area contributed by atoms with E-state index in [-0.39, 0.29) is 6.54 Å². The summed E-state index contributed by atoms with van der Waals surface area (Å²) in [5, 5.41) is -7.87. The summed E-state index contributed by atoms with van der Waals surface area (Å²) in [5.41, 5.74) is 0. The molecule has 0 amide bonds. The van der Waals surface area contributed by atoms with Crippen LogP contribution in [0.5, 0.6) is 0 Å². The minimum absolute atomic E-state index is 0.279. The van der Waals surface area contributed by atoms with Crippen LogP contribution in [0, 0.1) is 0 Å². The Morgan fingerprint density at radius 1 is 0.551 bits per heavy atom. The molecule has 0 aromatic rings. The van der Waals surface area contributed by atoms with E-state index in [4.69, 9.17) is 4.55 Å². The van der Waals surface area contributed by atoms with Gasteiger partial charge in [-0.2, -0.15) is 87.4 Å². The summed E-state index contributed by atoms with van der Waals surface area (Å²) in [6, 6.07) is 0. The number of hydrogen-bond acceptors (Lipinski definition) is 7. The van der Waals surface area contributed by atoms with Crippen molar-refractivity contribution in [2.24, 2.45) is 0 Å². The molecular formula is C19H25F17N2O8S3. The molecule has 0 saturated heterocycles. The van der Waals surface area contributed by atoms with Gasteiger partial charge in [-0.3, -0.25) is 4.55 Å². The highest BCUT2D eigenvalue weighted by Gasteiger charge is 2.96. The molecule has 0 aromatic carbocycles. The highest BCUT2D eigenvalue weighted by atomic mass is 32.2. The van der Waals surface area contributed by atoms with Gasteiger partial charge < -0.3 is 9.04 Å². The first-order valence-electron chi connectivity index (χ1n) is 12.4. The van der Waals surface area contributed by atoms with Crippen LogP contribution >= 0.6 is 0 Å². The second-order valence-electron chi connectivity index (χ2n) is 10.9. The molecule has 0 spiro atoms. The van der Waals surface area contributed by atoms with Crippen molar-refractivity contribution >= 4 is 30.3 Å². The van der Waals surface area contributed by atoms with Crippen LogP contribution < -0.4 is 0 Å². The third kappa shape index (κ3) is 9.49. The quantitative estimate of drug-likeness (QED) is 0.109. The largest absolute Gasteiger partial charge is 0.748 e. The van der Waals surface area contributed by atoms with Crippen molar-refractivity contribution in [3.05, 3.63) is 0 Å². The minimum Gasteiger partial charge on any atom is -0.748 e. The topological polar surface area (TPSA) is 149 Å². The maximum atomic E-state index is 14.8. The fourth-order valence-corrected chi connectivity index (χ4v) is 6.20. The summed E-state index contributed by atoms with van der Waals surface area (Å²) in [5.74, 6) is -55.3. The Morgan fingerprint density at radius 2 is 0.898 bits per heavy atom. The first-order valence-corrected chi connectivity index (χ1v) is 17.1. The highest BCUT2D eigenvalue weighted by molar-refractivity contribution is 7.90. The number of hydrogen-bond donors (Lipinski definition) is 1. The second-order valence-corrected chi connectivity index (χ2v) is 15.9. The molecule has 0 aliphatic carbocycles. The van der Waals surface area contributed by atoms with E-state index in [1.807, 2.05) is 0 Å². The molecule has 0 fully saturated rings. The Hall–Kier alpha value is -1.50. The molecular weight excluding hydrogens is 803 g/mol. The Labute approximate surface area is 266 Å². The molecule has 49 heavy (non-hydrogen) atoms. The van der Waals surface area contributed by atoms with Gasteiger partial charge in [0.2, 0.25) is 0 Å². The van der Waals surface area contributed by atoms with Crippen molar-refractivity contribution in [2.75, 3.05) is 51.8 Å². The number of quaternary nitrogens is 1. The fourth-order valence-electron chi connectivity index (χ4n) is 3.71. The lowest BCUT2D eigenvalue weighted by atomic mass is 9.91. The Balaban J connectivity index is 6.88. The molecule has 0 rings (SSSR count). The average molecular weight is 829 g/mol. The lowest BCUT2D eigenvalue weighted by Crippen LogP contribution is -2.75. The third-order valence-electron chi connectivity index (χ3n) is 6.50. The van der Waals surface area contributed by atoms with E-state index in [1.165, 1.54) is 14.1 Å². The van der Waals surface area contributed by atoms with Gasteiger partial charge in [-0.15, -0.1) is 0 Å². The van der Waals surface area contributed by atoms with Gasteiger partial charge >= 0.3 is 47.0 Å². The molecule has 296 valence electrons. The first kappa shape index (κ1) is 47.5. The minimum atomic E-state index is -9.03. The summed E-state index contributed by atoms with van der Waals surface area (Å²) in [7, 11) is -15.3. The van der Waals surface area contributed by atoms with Gasteiger partial charge in [0, 0.05) is 31.7 Å². The highest BCUT2D eigenvalue weighted by Crippen LogP contribution is 2.64. The summed E-state index contributed by atoms with van der Waals surface area (Å²) in [6.07, 6.45) is -10.7. The zero-order valence-electron chi connectivity index (χ0n) is 24.2. The molecule has 0 aliphatic rings. The van der Waals surface area contributed by atoms with Gasteiger partial charge in [-0.05, 0) is 6.42 Å². The first-order chi connectivity index (χ1) is 21.0. The standard InChI is InChI=1S/C19H25F17N2O8S3/c1-38(2,9-5-11-48(42,43)44)8-3-6-37(7-4-10-47(39,40)41)49(45,46)19(35,36)17(30,31)15(26,27)13(22,23)12(20,21)14(24,25)16(28,29)18(32,33)34/h3-11H2,1-2H3,(H-,39,40,41,42,43,44). The average Bonchev–Trinajstić information content (AvgIpc) is 2.84. The number of alkyl halides is 17. The maximum absolute atomic E-state index is 14.8. The molecule has 0 saturated carbocycles. The van der Waals surface area contributed by atoms with Crippen molar-refractivity contribution in [3.63, 3.8) is 0 Å². The molecule has 0 bridgehead atoms. The zero-order chi connectivity index (χ0) is 39.9. The van der Waals surface area contributed by atoms with Gasteiger partial charge in [0.1, 0.15) is 0 Å². The lowest BCUT2D eigenvalue weighted by Gasteiger charge is -2.43. The molecule has 30 heteroatoms. The van der Waals surface area contributed by atoms with Gasteiger partial charge in [0.25, 0.3) is 20.1 Å². The Bertz CT molecular complexity index is 1480. The van der Waals surface area contributed by atoms with E-state index in [9.17, 15) is 104 Å². The van der Waals surface area contributed by atoms with Crippen LogP contribution in [0.15, 0.2) is 0 Å². The molecule has 0 unspecified atom stereocenters. The van der Waals surface area contributed by atoms with Crippen LogP contribution in [0.3, 0.4) is 0 Å². The van der Waals surface area contributed by atoms with Crippen LogP contribution in [0.1, 0.15) is 19.3 Å². The van der Waals surface area contributed by atoms with E-state index >= 15 is 0 Å². The van der Waals surface area contributed by atoms with Gasteiger partial charge in [0.15, 0.2) is 0 Å². The summed E-state index contributed by atoms with van der Waals surface area (Å²) >= 11 is 0. The van der Waals surface area contributed by atoms with Crippen LogP contribution in [0.25, 0.3) is 0 Å². The maximum Gasteiger partial charge on any atom is 0.460 e. The summed E-state index contributed by atoms with van der Waals surface area (Å²) in [4.78, 5) is 0. The number of nitrogens with zero attached hydrogens (tertiary/aromatic N) is 2. The van der Waals surface area contributed by atoms with Crippen molar-refractivity contribution in [1.29, 1.82) is 0 Å². The summed E-state index contributed by atoms with van der Waals surface area (Å²) in [6.45, 7) is -4.24. The van der Waals surface area contributed by atoms with Crippen LogP contribution in [-0.4, -0.2) is 142 Å². The van der Waals surface area contributed by atoms with Gasteiger partial charge in [-0.1, -0.05) is 0 Å². The SMILES string of the molecule is C[N+](C)(CCCN(CCCS(=O)(=O)O)S(=O)(=O)C(F)(F)C(F)(F)C(F)(F)C(F)(F)C(F)(F)C(F)(F)C(F)(F)C(F)(F)F)CCCS(=O)(=O)[O-]. The van der Waals surface area contributed by atoms with E-state index < -0.39 is 136 Å². The number of rotatable bonds is 20. The van der Waals surface area contributed by atoms with E-state index in [0.29, 0.717) is 0 Å². The molecule has 0 heterocycles. The molecule has 0 atom stereocenters. The van der Waals surface area contributed by atoms with E-state index in [0.717, 1.165) is 0 Å². The van der Waals surface area contributed by atoms with Crippen molar-refractivity contribution in [2.45, 2.75) is 66.2 Å². The number of sulfonamides is 1. The molecule has 10 nitrogen and oxygen atoms in total. The van der Waals surface area contributed by atoms with Crippen molar-refractivity contribution in [3.8, 4) is 0 Å². The summed E-state index contributed by atoms with van der Waals surface area (Å²) < 4.78 is 318. The van der Waals surface area contributed by atoms with E-state index in [2.05, 4.69) is 0 Å². The third-order valence-corrected chi connectivity index (χ3v) is 10.0. The van der Waals surface area contributed by atoms with E-state index in [1.54, 1.807) is 0 Å². The lowest BCUT2D eigenvalue weighted by molar-refractivity contribution is -0.890. The zero-order valence-corrected chi connectivity index (χ0v) is 26.7. The molecule has 0 aliphatic heterocycles. The normalized spacial score (nSPS) is 16.0.